The number of hydrogen-bond donors (Lipinski definition) is 0. The molecule has 0 spiro atoms. The minimum atomic E-state index is -0.513. The van der Waals surface area contributed by atoms with Crippen LogP contribution in [0.2, 0.25) is 0 Å². The molecule has 26 heavy (non-hydrogen) atoms. The van der Waals surface area contributed by atoms with Crippen LogP contribution < -0.4 is 0 Å². The highest BCUT2D eigenvalue weighted by molar-refractivity contribution is 7.99. The number of aryl methyl sites for hydroxylation is 1. The molecule has 146 valence electrons. The second kappa shape index (κ2) is 12.5. The summed E-state index contributed by atoms with van der Waals surface area (Å²) in [5, 5.41) is 0. The highest BCUT2D eigenvalue weighted by atomic mass is 32.2. The van der Waals surface area contributed by atoms with Crippen molar-refractivity contribution in [1.29, 1.82) is 0 Å². The average Bonchev–Trinajstić information content (AvgIpc) is 2.61. The molecule has 1 rings (SSSR count). The van der Waals surface area contributed by atoms with E-state index in [0.717, 1.165) is 11.3 Å². The number of aliphatic imine (C=N–C) groups is 2. The number of amidine groups is 1. The van der Waals surface area contributed by atoms with Gasteiger partial charge < -0.3 is 4.74 Å². The molecule has 2 amide bonds. The van der Waals surface area contributed by atoms with Crippen LogP contribution in [0.1, 0.15) is 52.7 Å². The fourth-order valence-corrected chi connectivity index (χ4v) is 2.32. The molecule has 0 aromatic heterocycles. The molecule has 0 aliphatic rings. The lowest BCUT2D eigenvalue weighted by Gasteiger charge is -2.33. The van der Waals surface area contributed by atoms with Crippen molar-refractivity contribution in [3.63, 3.8) is 0 Å². The molecule has 1 aromatic carbocycles. The van der Waals surface area contributed by atoms with Gasteiger partial charge in [-0.3, -0.25) is 0 Å². The fourth-order valence-electron chi connectivity index (χ4n) is 1.93. The topological polar surface area (TPSA) is 54.3 Å². The molecule has 1 aromatic rings. The van der Waals surface area contributed by atoms with E-state index in [-0.39, 0.29) is 6.02 Å². The van der Waals surface area contributed by atoms with Gasteiger partial charge in [-0.2, -0.15) is 0 Å². The minimum absolute atomic E-state index is 0.279. The van der Waals surface area contributed by atoms with E-state index in [4.69, 9.17) is 4.74 Å². The lowest BCUT2D eigenvalue weighted by molar-refractivity contribution is 0.161. The summed E-state index contributed by atoms with van der Waals surface area (Å²) in [4.78, 5) is 21.7. The average molecular weight is 380 g/mol. The van der Waals surface area contributed by atoms with Gasteiger partial charge in [-0.15, -0.1) is 11.8 Å². The van der Waals surface area contributed by atoms with E-state index in [1.54, 1.807) is 11.8 Å². The number of nitrogens with zero attached hydrogens (tertiary/aromatic N) is 3. The summed E-state index contributed by atoms with van der Waals surface area (Å²) >= 11 is 1.66. The Balaban J connectivity index is 0.00000301. The molecule has 0 radical (unpaired) electrons. The van der Waals surface area contributed by atoms with Crippen LogP contribution in [-0.2, 0) is 11.3 Å². The van der Waals surface area contributed by atoms with Gasteiger partial charge in [0.25, 0.3) is 6.02 Å². The molecule has 0 bridgehead atoms. The van der Waals surface area contributed by atoms with Crippen LogP contribution in [0.5, 0.6) is 0 Å². The summed E-state index contributed by atoms with van der Waals surface area (Å²) in [6.45, 7) is 17.5. The normalized spacial score (nSPS) is 11.3. The van der Waals surface area contributed by atoms with Crippen LogP contribution in [0, 0.1) is 6.92 Å². The molecule has 0 unspecified atom stereocenters. The van der Waals surface area contributed by atoms with E-state index in [2.05, 4.69) is 23.6 Å². The molecular weight excluding hydrogens is 346 g/mol. The lowest BCUT2D eigenvalue weighted by atomic mass is 10.1. The van der Waals surface area contributed by atoms with Crippen molar-refractivity contribution in [2.24, 2.45) is 9.98 Å². The van der Waals surface area contributed by atoms with Crippen molar-refractivity contribution in [3.05, 3.63) is 35.4 Å². The zero-order chi connectivity index (χ0) is 20.2. The van der Waals surface area contributed by atoms with Gasteiger partial charge in [0.05, 0.1) is 5.88 Å². The number of urea groups is 1. The standard InChI is InChI=1S/C18H27N3O2S.C2H6/c1-7-24-13-20-17(21(16(22)19-6)18(3,4)5)23-12-15-10-8-14(2)9-11-15;1-2/h8-11H,6-7,12-13H2,1-5H3;1-2H3/b20-17+;. The van der Waals surface area contributed by atoms with Gasteiger partial charge >= 0.3 is 6.03 Å². The molecule has 0 saturated carbocycles. The second-order valence-electron chi connectivity index (χ2n) is 6.28. The van der Waals surface area contributed by atoms with Gasteiger partial charge in [-0.1, -0.05) is 50.6 Å². The maximum atomic E-state index is 12.2. The third kappa shape index (κ3) is 8.52. The quantitative estimate of drug-likeness (QED) is 0.384. The summed E-state index contributed by atoms with van der Waals surface area (Å²) in [5.74, 6) is 1.47. The van der Waals surface area contributed by atoms with E-state index in [0.29, 0.717) is 12.5 Å². The number of carbonyl (C=O) groups excluding carboxylic acids is 1. The van der Waals surface area contributed by atoms with Crippen molar-refractivity contribution < 1.29 is 9.53 Å². The molecule has 0 N–H and O–H groups in total. The van der Waals surface area contributed by atoms with Crippen molar-refractivity contribution in [2.75, 3.05) is 11.6 Å². The molecule has 0 heterocycles. The highest BCUT2D eigenvalue weighted by Gasteiger charge is 2.32. The monoisotopic (exact) mass is 379 g/mol. The Morgan fingerprint density at radius 3 is 2.27 bits per heavy atom. The van der Waals surface area contributed by atoms with E-state index in [1.165, 1.54) is 10.5 Å². The summed E-state index contributed by atoms with van der Waals surface area (Å²) in [5.41, 5.74) is 1.69. The molecular formula is C20H33N3O2S. The first-order chi connectivity index (χ1) is 12.3. The number of carbonyl (C=O) groups is 1. The summed E-state index contributed by atoms with van der Waals surface area (Å²) in [7, 11) is 0. The first kappa shape index (κ1) is 24.2. The van der Waals surface area contributed by atoms with Crippen LogP contribution >= 0.6 is 11.8 Å². The van der Waals surface area contributed by atoms with Crippen molar-refractivity contribution in [1.82, 2.24) is 4.90 Å². The molecule has 5 nitrogen and oxygen atoms in total. The Kier molecular flexibility index (Phi) is 11.6. The first-order valence-electron chi connectivity index (χ1n) is 8.91. The molecule has 0 atom stereocenters. The molecule has 6 heteroatoms. The van der Waals surface area contributed by atoms with Crippen LogP contribution in [-0.4, -0.2) is 40.8 Å². The Bertz CT molecular complexity index is 578. The SMILES string of the molecule is C=NC(=O)N(/C(=N\CSCC)OCc1ccc(C)cc1)C(C)(C)C.CC. The Hall–Kier alpha value is -1.82. The first-order valence-corrected chi connectivity index (χ1v) is 10.1. The van der Waals surface area contributed by atoms with Crippen LogP contribution in [0.4, 0.5) is 4.79 Å². The molecule has 0 fully saturated rings. The Morgan fingerprint density at radius 2 is 1.81 bits per heavy atom. The maximum absolute atomic E-state index is 12.2. The molecule has 0 saturated heterocycles. The van der Waals surface area contributed by atoms with Crippen molar-refractivity contribution in [3.8, 4) is 0 Å². The third-order valence-corrected chi connectivity index (χ3v) is 3.89. The largest absolute Gasteiger partial charge is 0.460 e. The van der Waals surface area contributed by atoms with Gasteiger partial charge in [-0.25, -0.2) is 19.7 Å². The molecule has 0 aliphatic carbocycles. The molecule has 0 aliphatic heterocycles. The van der Waals surface area contributed by atoms with Gasteiger partial charge in [0.15, 0.2) is 0 Å². The van der Waals surface area contributed by atoms with Crippen molar-refractivity contribution in [2.45, 2.75) is 60.6 Å². The van der Waals surface area contributed by atoms with Crippen molar-refractivity contribution >= 4 is 30.5 Å². The highest BCUT2D eigenvalue weighted by Crippen LogP contribution is 2.18. The zero-order valence-electron chi connectivity index (χ0n) is 17.2. The smallest absolute Gasteiger partial charge is 0.351 e. The van der Waals surface area contributed by atoms with E-state index < -0.39 is 11.6 Å². The van der Waals surface area contributed by atoms with Crippen LogP contribution in [0.3, 0.4) is 0 Å². The maximum Gasteiger partial charge on any atom is 0.351 e. The number of amides is 2. The summed E-state index contributed by atoms with van der Waals surface area (Å²) in [6, 6.07) is 7.87. The van der Waals surface area contributed by atoms with Gasteiger partial charge in [0.1, 0.15) is 6.61 Å². The Morgan fingerprint density at radius 1 is 1.23 bits per heavy atom. The fraction of sp³-hybridized carbons (Fsp3) is 0.550. The van der Waals surface area contributed by atoms with Crippen LogP contribution in [0.15, 0.2) is 34.3 Å². The number of hydrogen-bond acceptors (Lipinski definition) is 4. The predicted molar refractivity (Wildman–Crippen MR) is 114 cm³/mol. The Labute approximate surface area is 162 Å². The lowest BCUT2D eigenvalue weighted by Crippen LogP contribution is -2.49. The number of thioether (sulfide) groups is 1. The minimum Gasteiger partial charge on any atom is -0.460 e. The van der Waals surface area contributed by atoms with Gasteiger partial charge in [-0.05, 0) is 45.7 Å². The van der Waals surface area contributed by atoms with Gasteiger partial charge in [0, 0.05) is 5.54 Å². The van der Waals surface area contributed by atoms with Crippen LogP contribution in [0.25, 0.3) is 0 Å². The van der Waals surface area contributed by atoms with Gasteiger partial charge in [0.2, 0.25) is 0 Å². The van der Waals surface area contributed by atoms with E-state index >= 15 is 0 Å². The number of benzene rings is 1. The summed E-state index contributed by atoms with van der Waals surface area (Å²) in [6.07, 6.45) is 0. The predicted octanol–water partition coefficient (Wildman–Crippen LogP) is 5.53. The van der Waals surface area contributed by atoms with E-state index in [1.807, 2.05) is 65.8 Å². The third-order valence-electron chi connectivity index (χ3n) is 3.17. The summed E-state index contributed by atoms with van der Waals surface area (Å²) < 4.78 is 5.88. The zero-order valence-corrected chi connectivity index (χ0v) is 18.0. The second-order valence-corrected chi connectivity index (χ2v) is 7.53. The van der Waals surface area contributed by atoms with E-state index in [9.17, 15) is 4.79 Å². The number of ether oxygens (including phenoxy) is 1. The number of rotatable bonds is 5.